The monoisotopic (exact) mass is 896 g/mol. The van der Waals surface area contributed by atoms with Gasteiger partial charge in [-0.1, -0.05) is 158 Å². The van der Waals surface area contributed by atoms with Crippen LogP contribution in [-0.2, 0) is 85.3 Å². The summed E-state index contributed by atoms with van der Waals surface area (Å²) in [6.45, 7) is 3.12. The van der Waals surface area contributed by atoms with Crippen molar-refractivity contribution in [2.24, 2.45) is 0 Å². The molecular weight excluding hydrogens is 837 g/mol. The van der Waals surface area contributed by atoms with Crippen LogP contribution in [0.2, 0.25) is 0 Å². The Morgan fingerprint density at radius 3 is 1.62 bits per heavy atom. The first-order valence-electron chi connectivity index (χ1n) is 22.5. The van der Waals surface area contributed by atoms with Crippen molar-refractivity contribution < 1.29 is 52.2 Å². The second-order valence-electron chi connectivity index (χ2n) is 16.4. The summed E-state index contributed by atoms with van der Waals surface area (Å²) in [5, 5.41) is 2.29. The topological polar surface area (TPSA) is 117 Å². The van der Waals surface area contributed by atoms with E-state index < -0.39 is 48.9 Å². The Labute approximate surface area is 387 Å². The van der Waals surface area contributed by atoms with E-state index in [-0.39, 0.29) is 51.7 Å². The molecule has 0 spiro atoms. The lowest BCUT2D eigenvalue weighted by atomic mass is 10.1. The van der Waals surface area contributed by atoms with Crippen LogP contribution in [0, 0.1) is 0 Å². The number of carbonyl (C=O) groups excluding carboxylic acids is 2. The first-order valence-corrected chi connectivity index (χ1v) is 22.5. The molecule has 7 rings (SSSR count). The van der Waals surface area contributed by atoms with Gasteiger partial charge in [-0.05, 0) is 51.6 Å². The lowest BCUT2D eigenvalue weighted by molar-refractivity contribution is -0.221. The van der Waals surface area contributed by atoms with Gasteiger partial charge in [0, 0.05) is 13.5 Å². The zero-order valence-electron chi connectivity index (χ0n) is 37.7. The zero-order chi connectivity index (χ0) is 45.8. The van der Waals surface area contributed by atoms with Gasteiger partial charge in [0.2, 0.25) is 0 Å². The molecule has 6 aromatic rings. The molecule has 66 heavy (non-hydrogen) atoms. The average Bonchev–Trinajstić information content (AvgIpc) is 3.68. The van der Waals surface area contributed by atoms with Gasteiger partial charge in [-0.25, -0.2) is 0 Å². The molecule has 11 heteroatoms. The molecule has 0 aliphatic carbocycles. The average molecular weight is 897 g/mol. The number of ether oxygens (including phenoxy) is 9. The molecule has 0 saturated carbocycles. The molecule has 1 aliphatic heterocycles. The van der Waals surface area contributed by atoms with E-state index in [0.29, 0.717) is 19.8 Å². The van der Waals surface area contributed by atoms with Crippen LogP contribution in [0.4, 0.5) is 0 Å². The maximum Gasteiger partial charge on any atom is 0.306 e. The van der Waals surface area contributed by atoms with Crippen molar-refractivity contribution in [2.45, 2.75) is 95.7 Å². The van der Waals surface area contributed by atoms with E-state index in [1.165, 1.54) is 14.0 Å². The lowest BCUT2D eigenvalue weighted by Crippen LogP contribution is -2.48. The first-order chi connectivity index (χ1) is 32.4. The zero-order valence-corrected chi connectivity index (χ0v) is 37.7. The minimum Gasteiger partial charge on any atom is -0.456 e. The van der Waals surface area contributed by atoms with E-state index in [2.05, 4.69) is 30.3 Å². The molecule has 11 nitrogen and oxygen atoms in total. The fourth-order valence-corrected chi connectivity index (χ4v) is 7.77. The molecule has 0 bridgehead atoms. The van der Waals surface area contributed by atoms with Gasteiger partial charge in [-0.15, -0.1) is 0 Å². The molecule has 1 fully saturated rings. The number of Topliss-reactive ketones (excluding diaryl/α,β-unsaturated/α-hetero) is 1. The van der Waals surface area contributed by atoms with Crippen LogP contribution in [0.5, 0.6) is 0 Å². The number of methoxy groups -OCH3 is 1. The maximum atomic E-state index is 13.1. The van der Waals surface area contributed by atoms with Gasteiger partial charge in [-0.2, -0.15) is 0 Å². The minimum absolute atomic E-state index is 0.0325. The van der Waals surface area contributed by atoms with Gasteiger partial charge in [0.15, 0.2) is 12.4 Å². The third kappa shape index (κ3) is 15.0. The summed E-state index contributed by atoms with van der Waals surface area (Å²) < 4.78 is 58.3. The number of ketones is 1. The Balaban J connectivity index is 1.15. The highest BCUT2D eigenvalue weighted by Gasteiger charge is 2.49. The van der Waals surface area contributed by atoms with E-state index in [1.54, 1.807) is 0 Å². The third-order valence-electron chi connectivity index (χ3n) is 11.3. The Kier molecular flexibility index (Phi) is 19.0. The van der Waals surface area contributed by atoms with Crippen LogP contribution >= 0.6 is 0 Å². The summed E-state index contributed by atoms with van der Waals surface area (Å²) in [7, 11) is 1.52. The molecule has 7 unspecified atom stereocenters. The summed E-state index contributed by atoms with van der Waals surface area (Å²) in [4.78, 5) is 24.9. The molecule has 7 atom stereocenters. The van der Waals surface area contributed by atoms with Crippen molar-refractivity contribution in [3.63, 3.8) is 0 Å². The number of rotatable bonds is 27. The van der Waals surface area contributed by atoms with Crippen molar-refractivity contribution in [2.75, 3.05) is 26.9 Å². The molecule has 0 aromatic heterocycles. The summed E-state index contributed by atoms with van der Waals surface area (Å²) >= 11 is 0. The van der Waals surface area contributed by atoms with Gasteiger partial charge >= 0.3 is 5.97 Å². The Bertz CT molecular complexity index is 2330. The smallest absolute Gasteiger partial charge is 0.306 e. The predicted octanol–water partition coefficient (Wildman–Crippen LogP) is 9.37. The van der Waals surface area contributed by atoms with Crippen molar-refractivity contribution >= 4 is 22.5 Å². The normalized spacial score (nSPS) is 18.5. The molecule has 346 valence electrons. The SMILES string of the molecule is COC1C(OCC(OCc2ccccc2)C(OCc2ccccc2)C(COCc2ccc3ccccc3c2)OCc2ccccc2)OC(COCc2ccccc2)C1OC(=O)CCC(C)=O. The first kappa shape index (κ1) is 48.3. The number of hydrogen-bond acceptors (Lipinski definition) is 11. The van der Waals surface area contributed by atoms with Crippen LogP contribution in [0.25, 0.3) is 10.8 Å². The number of carbonyl (C=O) groups is 2. The quantitative estimate of drug-likeness (QED) is 0.0461. The van der Waals surface area contributed by atoms with Crippen LogP contribution in [0.3, 0.4) is 0 Å². The van der Waals surface area contributed by atoms with E-state index in [4.69, 9.17) is 42.6 Å². The van der Waals surface area contributed by atoms with Crippen LogP contribution in [0.15, 0.2) is 164 Å². The number of fused-ring (bicyclic) bond motifs is 1. The van der Waals surface area contributed by atoms with Gasteiger partial charge in [-0.3, -0.25) is 4.79 Å². The third-order valence-corrected chi connectivity index (χ3v) is 11.3. The van der Waals surface area contributed by atoms with Gasteiger partial charge < -0.3 is 47.4 Å². The van der Waals surface area contributed by atoms with Gasteiger partial charge in [0.1, 0.15) is 36.3 Å². The van der Waals surface area contributed by atoms with Crippen LogP contribution in [0.1, 0.15) is 47.6 Å². The fourth-order valence-electron chi connectivity index (χ4n) is 7.77. The molecule has 0 amide bonds. The lowest BCUT2D eigenvalue weighted by Gasteiger charge is -2.34. The molecule has 6 aromatic carbocycles. The molecule has 0 radical (unpaired) electrons. The van der Waals surface area contributed by atoms with Crippen molar-refractivity contribution in [3.05, 3.63) is 192 Å². The second-order valence-corrected chi connectivity index (χ2v) is 16.4. The van der Waals surface area contributed by atoms with Gasteiger partial charge in [0.05, 0.1) is 59.3 Å². The molecular formula is C55H60O11. The van der Waals surface area contributed by atoms with E-state index >= 15 is 0 Å². The van der Waals surface area contributed by atoms with Crippen LogP contribution < -0.4 is 0 Å². The molecule has 1 aliphatic rings. The number of hydrogen-bond donors (Lipinski definition) is 0. The van der Waals surface area contributed by atoms with Crippen molar-refractivity contribution in [1.29, 1.82) is 0 Å². The highest BCUT2D eigenvalue weighted by Crippen LogP contribution is 2.30. The Hall–Kier alpha value is -5.60. The van der Waals surface area contributed by atoms with Crippen molar-refractivity contribution in [1.82, 2.24) is 0 Å². The standard InChI is InChI=1S/C55H60O11/c1-40(56)27-30-51(57)66-53-50(38-59-32-41-17-7-3-8-18-41)65-55(54(53)58-2)64-39-49(62-35-43-21-11-5-12-22-43)52(63-36-44-23-13-6-14-24-44)48(61-34-42-19-9-4-10-20-42)37-60-33-45-28-29-46-25-15-16-26-47(46)31-45/h3-26,28-29,31,48-50,52-55H,27,30,32-39H2,1-2H3. The predicted molar refractivity (Wildman–Crippen MR) is 250 cm³/mol. The molecule has 1 heterocycles. The molecule has 1 saturated heterocycles. The van der Waals surface area contributed by atoms with Crippen LogP contribution in [-0.4, -0.2) is 81.6 Å². The minimum atomic E-state index is -1.00. The highest BCUT2D eigenvalue weighted by molar-refractivity contribution is 5.83. The maximum absolute atomic E-state index is 13.1. The largest absolute Gasteiger partial charge is 0.456 e. The van der Waals surface area contributed by atoms with Gasteiger partial charge in [0.25, 0.3) is 0 Å². The fraction of sp³-hybridized carbons (Fsp3) is 0.345. The highest BCUT2D eigenvalue weighted by atomic mass is 16.7. The Morgan fingerprint density at radius 1 is 0.530 bits per heavy atom. The van der Waals surface area contributed by atoms with Crippen molar-refractivity contribution in [3.8, 4) is 0 Å². The summed E-state index contributed by atoms with van der Waals surface area (Å²) in [6, 6.07) is 54.1. The summed E-state index contributed by atoms with van der Waals surface area (Å²) in [5.41, 5.74) is 4.92. The molecule has 0 N–H and O–H groups in total. The summed E-state index contributed by atoms with van der Waals surface area (Å²) in [5.74, 6) is -0.660. The number of esters is 1. The Morgan fingerprint density at radius 2 is 1.05 bits per heavy atom. The van der Waals surface area contributed by atoms with E-state index in [0.717, 1.165) is 38.6 Å². The summed E-state index contributed by atoms with van der Waals surface area (Å²) in [6.07, 6.45) is -5.62. The second kappa shape index (κ2) is 25.9. The van der Waals surface area contributed by atoms with E-state index in [9.17, 15) is 9.59 Å². The number of benzene rings is 6. The van der Waals surface area contributed by atoms with E-state index in [1.807, 2.05) is 133 Å².